The zero-order valence-electron chi connectivity index (χ0n) is 9.50. The lowest BCUT2D eigenvalue weighted by Crippen LogP contribution is -2.45. The summed E-state index contributed by atoms with van der Waals surface area (Å²) in [6.07, 6.45) is 0. The van der Waals surface area contributed by atoms with E-state index in [4.69, 9.17) is 5.73 Å². The van der Waals surface area contributed by atoms with Gasteiger partial charge in [-0.15, -0.1) is 0 Å². The standard InChI is InChI=1S/C10H14BrFN2O2S/c1-10(2,13)6-14-17(15,16)9-5-7(12)3-4-8(9)11/h3-5,14H,6,13H2,1-2H3. The predicted octanol–water partition coefficient (Wildman–Crippen LogP) is 1.60. The van der Waals surface area contributed by atoms with Crippen LogP contribution >= 0.6 is 15.9 Å². The maximum absolute atomic E-state index is 13.0. The van der Waals surface area contributed by atoms with E-state index in [1.165, 1.54) is 12.1 Å². The third-order valence-electron chi connectivity index (χ3n) is 1.90. The van der Waals surface area contributed by atoms with Crippen LogP contribution in [0.15, 0.2) is 27.6 Å². The van der Waals surface area contributed by atoms with Crippen LogP contribution in [0, 0.1) is 5.82 Å². The predicted molar refractivity (Wildman–Crippen MR) is 67.6 cm³/mol. The molecule has 0 aromatic heterocycles. The van der Waals surface area contributed by atoms with Crippen molar-refractivity contribution in [1.29, 1.82) is 0 Å². The van der Waals surface area contributed by atoms with E-state index in [9.17, 15) is 12.8 Å². The van der Waals surface area contributed by atoms with Crippen LogP contribution in [-0.4, -0.2) is 20.5 Å². The van der Waals surface area contributed by atoms with Crippen molar-refractivity contribution in [3.63, 3.8) is 0 Å². The molecule has 0 aliphatic carbocycles. The molecule has 0 aliphatic heterocycles. The Morgan fingerprint density at radius 3 is 2.59 bits per heavy atom. The molecule has 0 unspecified atom stereocenters. The first-order chi connectivity index (χ1) is 7.62. The molecule has 0 bridgehead atoms. The number of halogens is 2. The number of nitrogens with one attached hydrogen (secondary N) is 1. The molecule has 4 nitrogen and oxygen atoms in total. The second-order valence-corrected chi connectivity index (χ2v) is 6.98. The van der Waals surface area contributed by atoms with Gasteiger partial charge in [0.2, 0.25) is 10.0 Å². The fourth-order valence-electron chi connectivity index (χ4n) is 1.04. The van der Waals surface area contributed by atoms with Crippen molar-refractivity contribution in [1.82, 2.24) is 4.72 Å². The van der Waals surface area contributed by atoms with Gasteiger partial charge in [0, 0.05) is 16.6 Å². The van der Waals surface area contributed by atoms with E-state index in [0.717, 1.165) is 6.07 Å². The van der Waals surface area contributed by atoms with Crippen molar-refractivity contribution < 1.29 is 12.8 Å². The van der Waals surface area contributed by atoms with Crippen LogP contribution in [0.25, 0.3) is 0 Å². The molecule has 0 aliphatic rings. The highest BCUT2D eigenvalue weighted by Gasteiger charge is 2.21. The van der Waals surface area contributed by atoms with E-state index in [1.807, 2.05) is 0 Å². The normalized spacial score (nSPS) is 12.8. The fraction of sp³-hybridized carbons (Fsp3) is 0.400. The van der Waals surface area contributed by atoms with E-state index >= 15 is 0 Å². The van der Waals surface area contributed by atoms with Crippen molar-refractivity contribution >= 4 is 26.0 Å². The van der Waals surface area contributed by atoms with Crippen molar-refractivity contribution in [2.75, 3.05) is 6.54 Å². The van der Waals surface area contributed by atoms with Gasteiger partial charge >= 0.3 is 0 Å². The molecule has 0 saturated carbocycles. The SMILES string of the molecule is CC(C)(N)CNS(=O)(=O)c1cc(F)ccc1Br. The Kier molecular flexibility index (Phi) is 4.29. The Balaban J connectivity index is 3.02. The van der Waals surface area contributed by atoms with E-state index in [1.54, 1.807) is 13.8 Å². The molecule has 96 valence electrons. The molecule has 7 heteroatoms. The summed E-state index contributed by atoms with van der Waals surface area (Å²) in [5.74, 6) is -0.611. The van der Waals surface area contributed by atoms with Gasteiger partial charge in [0.25, 0.3) is 0 Å². The van der Waals surface area contributed by atoms with Gasteiger partial charge < -0.3 is 5.73 Å². The molecule has 3 N–H and O–H groups in total. The highest BCUT2D eigenvalue weighted by molar-refractivity contribution is 9.10. The summed E-state index contributed by atoms with van der Waals surface area (Å²) >= 11 is 3.07. The molecular formula is C10H14BrFN2O2S. The average molecular weight is 325 g/mol. The van der Waals surface area contributed by atoms with Crippen LogP contribution in [-0.2, 0) is 10.0 Å². The Morgan fingerprint density at radius 2 is 2.06 bits per heavy atom. The number of rotatable bonds is 4. The molecule has 1 rings (SSSR count). The first-order valence-electron chi connectivity index (χ1n) is 4.85. The van der Waals surface area contributed by atoms with Gasteiger partial charge in [-0.1, -0.05) is 0 Å². The molecule has 1 aromatic rings. The Labute approximate surface area is 109 Å². The summed E-state index contributed by atoms with van der Waals surface area (Å²) in [7, 11) is -3.76. The second-order valence-electron chi connectivity index (χ2n) is 4.39. The molecule has 0 atom stereocenters. The van der Waals surface area contributed by atoms with E-state index in [-0.39, 0.29) is 11.4 Å². The molecule has 1 aromatic carbocycles. The molecule has 17 heavy (non-hydrogen) atoms. The molecule has 0 heterocycles. The summed E-state index contributed by atoms with van der Waals surface area (Å²) in [4.78, 5) is -0.137. The second kappa shape index (κ2) is 5.01. The summed E-state index contributed by atoms with van der Waals surface area (Å²) in [6, 6.07) is 3.48. The van der Waals surface area contributed by atoms with E-state index < -0.39 is 21.4 Å². The molecule has 0 fully saturated rings. The van der Waals surface area contributed by atoms with Crippen LogP contribution in [0.5, 0.6) is 0 Å². The van der Waals surface area contributed by atoms with E-state index in [2.05, 4.69) is 20.7 Å². The maximum Gasteiger partial charge on any atom is 0.241 e. The Hall–Kier alpha value is -0.500. The first-order valence-corrected chi connectivity index (χ1v) is 7.13. The van der Waals surface area contributed by atoms with Crippen LogP contribution in [0.3, 0.4) is 0 Å². The summed E-state index contributed by atoms with van der Waals surface area (Å²) in [6.45, 7) is 3.45. The number of hydrogen-bond donors (Lipinski definition) is 2. The highest BCUT2D eigenvalue weighted by atomic mass is 79.9. The van der Waals surface area contributed by atoms with E-state index in [0.29, 0.717) is 4.47 Å². The molecule has 0 spiro atoms. The van der Waals surface area contributed by atoms with Crippen molar-refractivity contribution in [2.24, 2.45) is 5.73 Å². The Bertz CT molecular complexity index is 512. The fourth-order valence-corrected chi connectivity index (χ4v) is 3.24. The molecule has 0 amide bonds. The Morgan fingerprint density at radius 1 is 1.47 bits per heavy atom. The number of sulfonamides is 1. The van der Waals surface area contributed by atoms with Crippen LogP contribution in [0.2, 0.25) is 0 Å². The van der Waals surface area contributed by atoms with Crippen molar-refractivity contribution in [2.45, 2.75) is 24.3 Å². The summed E-state index contributed by atoms with van der Waals surface area (Å²) in [5.41, 5.74) is 5.00. The largest absolute Gasteiger partial charge is 0.324 e. The van der Waals surface area contributed by atoms with Gasteiger partial charge in [0.15, 0.2) is 0 Å². The van der Waals surface area contributed by atoms with Gasteiger partial charge in [-0.2, -0.15) is 0 Å². The van der Waals surface area contributed by atoms with Crippen molar-refractivity contribution in [3.05, 3.63) is 28.5 Å². The third-order valence-corrected chi connectivity index (χ3v) is 4.30. The number of nitrogens with two attached hydrogens (primary N) is 1. The van der Waals surface area contributed by atoms with Crippen molar-refractivity contribution in [3.8, 4) is 0 Å². The molecule has 0 radical (unpaired) electrons. The number of hydrogen-bond acceptors (Lipinski definition) is 3. The number of benzene rings is 1. The van der Waals surface area contributed by atoms with Gasteiger partial charge in [-0.25, -0.2) is 17.5 Å². The highest BCUT2D eigenvalue weighted by Crippen LogP contribution is 2.22. The minimum absolute atomic E-state index is 0.0677. The minimum Gasteiger partial charge on any atom is -0.324 e. The zero-order valence-corrected chi connectivity index (χ0v) is 11.9. The topological polar surface area (TPSA) is 72.2 Å². The maximum atomic E-state index is 13.0. The van der Waals surface area contributed by atoms with Crippen LogP contribution in [0.1, 0.15) is 13.8 Å². The lowest BCUT2D eigenvalue weighted by atomic mass is 10.1. The smallest absolute Gasteiger partial charge is 0.241 e. The van der Waals surface area contributed by atoms with Gasteiger partial charge in [0.1, 0.15) is 5.82 Å². The quantitative estimate of drug-likeness (QED) is 0.883. The van der Waals surface area contributed by atoms with Crippen LogP contribution < -0.4 is 10.5 Å². The minimum atomic E-state index is -3.76. The van der Waals surface area contributed by atoms with Gasteiger partial charge in [-0.3, -0.25) is 0 Å². The lowest BCUT2D eigenvalue weighted by molar-refractivity contribution is 0.497. The van der Waals surface area contributed by atoms with Crippen LogP contribution in [0.4, 0.5) is 4.39 Å². The zero-order chi connectivity index (χ0) is 13.3. The monoisotopic (exact) mass is 324 g/mol. The summed E-state index contributed by atoms with van der Waals surface area (Å²) in [5, 5.41) is 0. The molecule has 0 saturated heterocycles. The van der Waals surface area contributed by atoms with Gasteiger partial charge in [-0.05, 0) is 48.0 Å². The average Bonchev–Trinajstić information content (AvgIpc) is 2.18. The first kappa shape index (κ1) is 14.6. The molecular weight excluding hydrogens is 311 g/mol. The lowest BCUT2D eigenvalue weighted by Gasteiger charge is -2.19. The third kappa shape index (κ3) is 4.34. The van der Waals surface area contributed by atoms with Gasteiger partial charge in [0.05, 0.1) is 4.90 Å². The summed E-state index contributed by atoms with van der Waals surface area (Å²) < 4.78 is 39.4.